The van der Waals surface area contributed by atoms with Crippen LogP contribution in [0.1, 0.15) is 35.5 Å². The quantitative estimate of drug-likeness (QED) is 0.656. The lowest BCUT2D eigenvalue weighted by Crippen LogP contribution is -2.44. The number of benzene rings is 1. The Morgan fingerprint density at radius 3 is 2.22 bits per heavy atom. The lowest BCUT2D eigenvalue weighted by atomic mass is 10.0. The lowest BCUT2D eigenvalue weighted by Gasteiger charge is -2.36. The van der Waals surface area contributed by atoms with Gasteiger partial charge < -0.3 is 14.9 Å². The standard InChI is InChI=1S/C27H32N4O/c1-19-16-27-25(28-20(19)2)11-7-15-31(27)18-22(32)17-30-14-6-10-24-26(30)13-12-23(29-24)21-8-4-3-5-9-21/h3-5,8-9,12-13,16,22,32H,6-7,10-11,14-15,17-18H2,1-2H3/t22-/m0/s1. The predicted octanol–water partition coefficient (Wildman–Crippen LogP) is 4.33. The van der Waals surface area contributed by atoms with Crippen LogP contribution < -0.4 is 9.80 Å². The molecule has 2 aliphatic rings. The van der Waals surface area contributed by atoms with Gasteiger partial charge in [-0.05, 0) is 63.3 Å². The van der Waals surface area contributed by atoms with Crippen molar-refractivity contribution in [2.75, 3.05) is 36.0 Å². The van der Waals surface area contributed by atoms with E-state index in [1.165, 1.54) is 22.6 Å². The van der Waals surface area contributed by atoms with Crippen LogP contribution in [0, 0.1) is 13.8 Å². The highest BCUT2D eigenvalue weighted by atomic mass is 16.3. The molecule has 2 aromatic heterocycles. The Labute approximate surface area is 190 Å². The van der Waals surface area contributed by atoms with Crippen LogP contribution in [0.15, 0.2) is 48.5 Å². The summed E-state index contributed by atoms with van der Waals surface area (Å²) < 4.78 is 0. The summed E-state index contributed by atoms with van der Waals surface area (Å²) in [6.07, 6.45) is 3.75. The molecular weight excluding hydrogens is 396 g/mol. The van der Waals surface area contributed by atoms with Gasteiger partial charge in [0.05, 0.1) is 34.6 Å². The fraction of sp³-hybridized carbons (Fsp3) is 0.407. The van der Waals surface area contributed by atoms with Gasteiger partial charge in [0.2, 0.25) is 0 Å². The number of rotatable bonds is 5. The van der Waals surface area contributed by atoms with Gasteiger partial charge in [-0.25, -0.2) is 0 Å². The van der Waals surface area contributed by atoms with Crippen molar-refractivity contribution in [1.29, 1.82) is 0 Å². The van der Waals surface area contributed by atoms with Crippen molar-refractivity contribution < 1.29 is 5.11 Å². The highest BCUT2D eigenvalue weighted by molar-refractivity contribution is 5.64. The summed E-state index contributed by atoms with van der Waals surface area (Å²) in [5, 5.41) is 11.0. The van der Waals surface area contributed by atoms with E-state index in [4.69, 9.17) is 9.97 Å². The maximum Gasteiger partial charge on any atom is 0.0889 e. The molecule has 2 aliphatic heterocycles. The number of fused-ring (bicyclic) bond motifs is 2. The Morgan fingerprint density at radius 2 is 1.50 bits per heavy atom. The van der Waals surface area contributed by atoms with Gasteiger partial charge in [-0.2, -0.15) is 0 Å². The summed E-state index contributed by atoms with van der Waals surface area (Å²) in [5.41, 5.74) is 9.18. The second-order valence-electron chi connectivity index (χ2n) is 9.14. The molecule has 4 heterocycles. The number of pyridine rings is 2. The summed E-state index contributed by atoms with van der Waals surface area (Å²) in [6.45, 7) is 7.41. The number of aliphatic hydroxyl groups excluding tert-OH is 1. The van der Waals surface area contributed by atoms with E-state index in [0.29, 0.717) is 13.1 Å². The Bertz CT molecular complexity index is 1100. The van der Waals surface area contributed by atoms with E-state index in [9.17, 15) is 5.11 Å². The Balaban J connectivity index is 1.30. The molecule has 0 spiro atoms. The van der Waals surface area contributed by atoms with Gasteiger partial charge in [0, 0.05) is 37.4 Å². The topological polar surface area (TPSA) is 52.5 Å². The predicted molar refractivity (Wildman–Crippen MR) is 130 cm³/mol. The fourth-order valence-electron chi connectivity index (χ4n) is 5.00. The second-order valence-corrected chi connectivity index (χ2v) is 9.14. The maximum absolute atomic E-state index is 11.0. The number of hydrogen-bond acceptors (Lipinski definition) is 5. The molecule has 0 bridgehead atoms. The van der Waals surface area contributed by atoms with Gasteiger partial charge in [-0.3, -0.25) is 9.97 Å². The normalized spacial score (nSPS) is 16.5. The van der Waals surface area contributed by atoms with Crippen LogP contribution in [0.5, 0.6) is 0 Å². The van der Waals surface area contributed by atoms with Gasteiger partial charge in [-0.15, -0.1) is 0 Å². The summed E-state index contributed by atoms with van der Waals surface area (Å²) in [6, 6.07) is 16.9. The molecule has 5 nitrogen and oxygen atoms in total. The van der Waals surface area contributed by atoms with Crippen molar-refractivity contribution in [2.24, 2.45) is 0 Å². The van der Waals surface area contributed by atoms with Crippen LogP contribution in [0.3, 0.4) is 0 Å². The molecule has 5 rings (SSSR count). The molecule has 5 heteroatoms. The minimum atomic E-state index is -0.428. The van der Waals surface area contributed by atoms with Crippen LogP contribution in [-0.4, -0.2) is 47.4 Å². The molecule has 1 N–H and O–H groups in total. The van der Waals surface area contributed by atoms with Crippen LogP contribution in [0.4, 0.5) is 11.4 Å². The first kappa shape index (κ1) is 21.0. The van der Waals surface area contributed by atoms with E-state index < -0.39 is 6.10 Å². The van der Waals surface area contributed by atoms with Crippen LogP contribution in [0.2, 0.25) is 0 Å². The number of aryl methyl sites for hydroxylation is 4. The Morgan fingerprint density at radius 1 is 0.844 bits per heavy atom. The highest BCUT2D eigenvalue weighted by Gasteiger charge is 2.25. The molecule has 0 unspecified atom stereocenters. The minimum absolute atomic E-state index is 0.428. The Kier molecular flexibility index (Phi) is 5.83. The van der Waals surface area contributed by atoms with Crippen LogP contribution in [-0.2, 0) is 12.8 Å². The van der Waals surface area contributed by atoms with E-state index in [2.05, 4.69) is 66.1 Å². The molecule has 0 amide bonds. The number of anilines is 2. The largest absolute Gasteiger partial charge is 0.389 e. The number of β-amino-alcohol motifs (C(OH)–C–C–N with tert-alkyl or cyclic N) is 1. The molecule has 166 valence electrons. The van der Waals surface area contributed by atoms with Gasteiger partial charge >= 0.3 is 0 Å². The third kappa shape index (κ3) is 4.22. The molecule has 0 fully saturated rings. The minimum Gasteiger partial charge on any atom is -0.389 e. The summed E-state index contributed by atoms with van der Waals surface area (Å²) >= 11 is 0. The molecule has 0 saturated carbocycles. The molecule has 0 saturated heterocycles. The molecule has 3 aromatic rings. The van der Waals surface area contributed by atoms with Gasteiger partial charge in [0.25, 0.3) is 0 Å². The van der Waals surface area contributed by atoms with Crippen molar-refractivity contribution in [3.8, 4) is 11.3 Å². The zero-order valence-electron chi connectivity index (χ0n) is 19.1. The molecule has 1 aromatic carbocycles. The summed E-state index contributed by atoms with van der Waals surface area (Å²) in [7, 11) is 0. The smallest absolute Gasteiger partial charge is 0.0889 e. The fourth-order valence-corrected chi connectivity index (χ4v) is 5.00. The molecule has 32 heavy (non-hydrogen) atoms. The van der Waals surface area contributed by atoms with E-state index in [-0.39, 0.29) is 0 Å². The lowest BCUT2D eigenvalue weighted by molar-refractivity contribution is 0.183. The van der Waals surface area contributed by atoms with Crippen molar-refractivity contribution >= 4 is 11.4 Å². The third-order valence-electron chi connectivity index (χ3n) is 6.77. The van der Waals surface area contributed by atoms with Crippen molar-refractivity contribution in [1.82, 2.24) is 9.97 Å². The molecule has 0 aliphatic carbocycles. The average molecular weight is 429 g/mol. The number of aromatic nitrogens is 2. The van der Waals surface area contributed by atoms with Crippen molar-refractivity contribution in [3.05, 3.63) is 71.2 Å². The van der Waals surface area contributed by atoms with Gasteiger partial charge in [0.15, 0.2) is 0 Å². The number of aliphatic hydroxyl groups is 1. The first-order chi connectivity index (χ1) is 15.6. The molecular formula is C27H32N4O. The monoisotopic (exact) mass is 428 g/mol. The SMILES string of the molecule is Cc1cc2c(nc1C)CCCN2C[C@@H](O)CN1CCCc2nc(-c3ccccc3)ccc21. The zero-order valence-corrected chi connectivity index (χ0v) is 19.1. The summed E-state index contributed by atoms with van der Waals surface area (Å²) in [4.78, 5) is 14.4. The number of nitrogens with zero attached hydrogens (tertiary/aromatic N) is 4. The third-order valence-corrected chi connectivity index (χ3v) is 6.77. The zero-order chi connectivity index (χ0) is 22.1. The van der Waals surface area contributed by atoms with E-state index in [1.54, 1.807) is 0 Å². The van der Waals surface area contributed by atoms with Crippen molar-refractivity contribution in [3.63, 3.8) is 0 Å². The first-order valence-corrected chi connectivity index (χ1v) is 11.8. The summed E-state index contributed by atoms with van der Waals surface area (Å²) in [5.74, 6) is 0. The van der Waals surface area contributed by atoms with E-state index >= 15 is 0 Å². The van der Waals surface area contributed by atoms with E-state index in [1.807, 2.05) is 6.07 Å². The Hall–Kier alpha value is -2.92. The molecule has 1 atom stereocenters. The van der Waals surface area contributed by atoms with Gasteiger partial charge in [-0.1, -0.05) is 30.3 Å². The molecule has 0 radical (unpaired) electrons. The van der Waals surface area contributed by atoms with Gasteiger partial charge in [0.1, 0.15) is 0 Å². The highest BCUT2D eigenvalue weighted by Crippen LogP contribution is 2.30. The van der Waals surface area contributed by atoms with Crippen LogP contribution in [0.25, 0.3) is 11.3 Å². The van der Waals surface area contributed by atoms with Crippen LogP contribution >= 0.6 is 0 Å². The van der Waals surface area contributed by atoms with E-state index in [0.717, 1.165) is 61.4 Å². The van der Waals surface area contributed by atoms with Crippen molar-refractivity contribution in [2.45, 2.75) is 45.6 Å². The average Bonchev–Trinajstić information content (AvgIpc) is 2.81. The number of hydrogen-bond donors (Lipinski definition) is 1. The maximum atomic E-state index is 11.0. The first-order valence-electron chi connectivity index (χ1n) is 11.8. The second kappa shape index (κ2) is 8.91.